The molecule has 3 aromatic rings. The van der Waals surface area contributed by atoms with Crippen LogP contribution in [0.2, 0.25) is 0 Å². The maximum Gasteiger partial charge on any atom is 0.271 e. The molecule has 3 rings (SSSR count). The molecular formula is C18H19N5O. The van der Waals surface area contributed by atoms with E-state index in [9.17, 15) is 4.79 Å². The van der Waals surface area contributed by atoms with Gasteiger partial charge in [-0.2, -0.15) is 0 Å². The molecule has 6 heteroatoms. The van der Waals surface area contributed by atoms with E-state index in [0.717, 1.165) is 25.2 Å². The van der Waals surface area contributed by atoms with Crippen molar-refractivity contribution in [2.24, 2.45) is 0 Å². The van der Waals surface area contributed by atoms with Gasteiger partial charge in [-0.25, -0.2) is 9.97 Å². The molecule has 0 unspecified atom stereocenters. The normalized spacial score (nSPS) is 10.5. The summed E-state index contributed by atoms with van der Waals surface area (Å²) in [7, 11) is 0. The molecule has 1 aromatic carbocycles. The van der Waals surface area contributed by atoms with Crippen molar-refractivity contribution in [1.29, 1.82) is 0 Å². The van der Waals surface area contributed by atoms with E-state index in [1.165, 1.54) is 24.2 Å². The predicted molar refractivity (Wildman–Crippen MR) is 90.2 cm³/mol. The van der Waals surface area contributed by atoms with Gasteiger partial charge in [0.05, 0.1) is 12.7 Å². The van der Waals surface area contributed by atoms with Crippen LogP contribution in [0.4, 0.5) is 0 Å². The maximum atomic E-state index is 12.0. The Morgan fingerprint density at radius 1 is 1.08 bits per heavy atom. The Morgan fingerprint density at radius 2 is 1.96 bits per heavy atom. The molecule has 6 nitrogen and oxygen atoms in total. The first-order chi connectivity index (χ1) is 11.8. The van der Waals surface area contributed by atoms with Crippen molar-refractivity contribution in [2.45, 2.75) is 25.9 Å². The zero-order chi connectivity index (χ0) is 16.6. The average Bonchev–Trinajstić information content (AvgIpc) is 3.09. The zero-order valence-corrected chi connectivity index (χ0v) is 13.3. The Balaban J connectivity index is 1.51. The Bertz CT molecular complexity index is 770. The van der Waals surface area contributed by atoms with Gasteiger partial charge >= 0.3 is 0 Å². The summed E-state index contributed by atoms with van der Waals surface area (Å²) >= 11 is 0. The van der Waals surface area contributed by atoms with E-state index in [1.807, 2.05) is 12.3 Å². The molecule has 0 aliphatic carbocycles. The standard InChI is InChI=1S/C18H19N5O/c24-18(16-13-19-8-9-20-16)22-14-17-21-10-12-23(17)11-4-7-15-5-2-1-3-6-15/h1-3,5-6,8-10,12-13H,4,7,11,14H2,(H,22,24). The highest BCUT2D eigenvalue weighted by Gasteiger charge is 2.09. The lowest BCUT2D eigenvalue weighted by Crippen LogP contribution is -2.25. The lowest BCUT2D eigenvalue weighted by molar-refractivity contribution is 0.0944. The Kier molecular flexibility index (Phi) is 5.29. The molecule has 2 heterocycles. The lowest BCUT2D eigenvalue weighted by Gasteiger charge is -2.09. The molecule has 2 aromatic heterocycles. The number of hydrogen-bond acceptors (Lipinski definition) is 4. The second-order valence-electron chi connectivity index (χ2n) is 5.40. The SMILES string of the molecule is O=C(NCc1nccn1CCCc1ccccc1)c1cnccn1. The average molecular weight is 321 g/mol. The molecule has 0 aliphatic heterocycles. The van der Waals surface area contributed by atoms with Crippen LogP contribution in [0.5, 0.6) is 0 Å². The number of carbonyl (C=O) groups excluding carboxylic acids is 1. The fraction of sp³-hybridized carbons (Fsp3) is 0.222. The van der Waals surface area contributed by atoms with Crippen LogP contribution < -0.4 is 5.32 Å². The van der Waals surface area contributed by atoms with Gasteiger partial charge in [0, 0.05) is 31.3 Å². The molecule has 0 saturated heterocycles. The molecule has 0 bridgehead atoms. The number of aryl methyl sites for hydroxylation is 2. The molecular weight excluding hydrogens is 302 g/mol. The molecule has 0 radical (unpaired) electrons. The van der Waals surface area contributed by atoms with Crippen molar-refractivity contribution in [3.8, 4) is 0 Å². The Hall–Kier alpha value is -3.02. The quantitative estimate of drug-likeness (QED) is 0.724. The van der Waals surface area contributed by atoms with E-state index in [-0.39, 0.29) is 5.91 Å². The van der Waals surface area contributed by atoms with Crippen LogP contribution in [0.3, 0.4) is 0 Å². The molecule has 122 valence electrons. The van der Waals surface area contributed by atoms with Crippen molar-refractivity contribution in [1.82, 2.24) is 24.8 Å². The summed E-state index contributed by atoms with van der Waals surface area (Å²) < 4.78 is 2.07. The van der Waals surface area contributed by atoms with Crippen molar-refractivity contribution in [3.63, 3.8) is 0 Å². The highest BCUT2D eigenvalue weighted by atomic mass is 16.1. The van der Waals surface area contributed by atoms with Gasteiger partial charge in [-0.05, 0) is 18.4 Å². The van der Waals surface area contributed by atoms with Crippen molar-refractivity contribution < 1.29 is 4.79 Å². The van der Waals surface area contributed by atoms with Gasteiger partial charge in [0.15, 0.2) is 0 Å². The Morgan fingerprint density at radius 3 is 2.75 bits per heavy atom. The van der Waals surface area contributed by atoms with Gasteiger partial charge in [-0.1, -0.05) is 30.3 Å². The lowest BCUT2D eigenvalue weighted by atomic mass is 10.1. The van der Waals surface area contributed by atoms with E-state index < -0.39 is 0 Å². The highest BCUT2D eigenvalue weighted by molar-refractivity contribution is 5.91. The summed E-state index contributed by atoms with van der Waals surface area (Å²) in [6, 6.07) is 10.4. The van der Waals surface area contributed by atoms with E-state index in [2.05, 4.69) is 49.1 Å². The first kappa shape index (κ1) is 15.9. The van der Waals surface area contributed by atoms with Gasteiger partial charge in [-0.3, -0.25) is 9.78 Å². The summed E-state index contributed by atoms with van der Waals surface area (Å²) in [5.41, 5.74) is 1.63. The number of benzene rings is 1. The zero-order valence-electron chi connectivity index (χ0n) is 13.3. The number of amides is 1. The number of nitrogens with one attached hydrogen (secondary N) is 1. The van der Waals surface area contributed by atoms with Crippen LogP contribution in [0.15, 0.2) is 61.3 Å². The topological polar surface area (TPSA) is 72.7 Å². The van der Waals surface area contributed by atoms with Crippen molar-refractivity contribution in [3.05, 3.63) is 78.4 Å². The van der Waals surface area contributed by atoms with E-state index in [0.29, 0.717) is 12.2 Å². The van der Waals surface area contributed by atoms with Gasteiger partial charge in [0.25, 0.3) is 5.91 Å². The summed E-state index contributed by atoms with van der Waals surface area (Å²) in [5.74, 6) is 0.585. The molecule has 0 atom stereocenters. The van der Waals surface area contributed by atoms with Gasteiger partial charge in [-0.15, -0.1) is 0 Å². The molecule has 0 spiro atoms. The molecule has 0 fully saturated rings. The third-order valence-corrected chi connectivity index (χ3v) is 3.71. The second kappa shape index (κ2) is 8.01. The molecule has 1 amide bonds. The van der Waals surface area contributed by atoms with Crippen molar-refractivity contribution >= 4 is 5.91 Å². The fourth-order valence-electron chi connectivity index (χ4n) is 2.48. The summed E-state index contributed by atoms with van der Waals surface area (Å²) in [6.07, 6.45) is 10.2. The minimum Gasteiger partial charge on any atom is -0.343 e. The molecule has 1 N–H and O–H groups in total. The largest absolute Gasteiger partial charge is 0.343 e. The fourth-order valence-corrected chi connectivity index (χ4v) is 2.48. The van der Waals surface area contributed by atoms with Crippen LogP contribution in [0.25, 0.3) is 0 Å². The van der Waals surface area contributed by atoms with Gasteiger partial charge in [0.2, 0.25) is 0 Å². The number of rotatable bonds is 7. The number of imidazole rings is 1. The third-order valence-electron chi connectivity index (χ3n) is 3.71. The molecule has 24 heavy (non-hydrogen) atoms. The first-order valence-electron chi connectivity index (χ1n) is 7.91. The van der Waals surface area contributed by atoms with E-state index in [1.54, 1.807) is 6.20 Å². The van der Waals surface area contributed by atoms with Gasteiger partial charge in [0.1, 0.15) is 11.5 Å². The van der Waals surface area contributed by atoms with Crippen LogP contribution >= 0.6 is 0 Å². The number of hydrogen-bond donors (Lipinski definition) is 1. The third kappa shape index (κ3) is 4.25. The predicted octanol–water partition coefficient (Wildman–Crippen LogP) is 2.24. The second-order valence-corrected chi connectivity index (χ2v) is 5.40. The summed E-state index contributed by atoms with van der Waals surface area (Å²) in [6.45, 7) is 1.24. The highest BCUT2D eigenvalue weighted by Crippen LogP contribution is 2.06. The van der Waals surface area contributed by atoms with Crippen LogP contribution in [0, 0.1) is 0 Å². The van der Waals surface area contributed by atoms with E-state index >= 15 is 0 Å². The van der Waals surface area contributed by atoms with Gasteiger partial charge < -0.3 is 9.88 Å². The maximum absolute atomic E-state index is 12.0. The number of aromatic nitrogens is 4. The molecule has 0 aliphatic rings. The minimum absolute atomic E-state index is 0.248. The summed E-state index contributed by atoms with van der Waals surface area (Å²) in [5, 5.41) is 2.83. The minimum atomic E-state index is -0.248. The monoisotopic (exact) mass is 321 g/mol. The smallest absolute Gasteiger partial charge is 0.271 e. The van der Waals surface area contributed by atoms with Crippen molar-refractivity contribution in [2.75, 3.05) is 0 Å². The van der Waals surface area contributed by atoms with E-state index in [4.69, 9.17) is 0 Å². The Labute approximate surface area is 140 Å². The van der Waals surface area contributed by atoms with Crippen LogP contribution in [-0.4, -0.2) is 25.4 Å². The molecule has 0 saturated carbocycles. The van der Waals surface area contributed by atoms with Crippen LogP contribution in [-0.2, 0) is 19.5 Å². The van der Waals surface area contributed by atoms with Crippen LogP contribution in [0.1, 0.15) is 28.3 Å². The number of nitrogens with zero attached hydrogens (tertiary/aromatic N) is 4. The summed E-state index contributed by atoms with van der Waals surface area (Å²) in [4.78, 5) is 24.2. The number of carbonyl (C=O) groups is 1. The first-order valence-corrected chi connectivity index (χ1v) is 7.91.